The molecule has 0 aromatic heterocycles. The summed E-state index contributed by atoms with van der Waals surface area (Å²) in [6.45, 7) is 4.22. The van der Waals surface area contributed by atoms with Gasteiger partial charge in [0.1, 0.15) is 0 Å². The highest BCUT2D eigenvalue weighted by atomic mass is 79.9. The van der Waals surface area contributed by atoms with Gasteiger partial charge in [0.25, 0.3) is 0 Å². The summed E-state index contributed by atoms with van der Waals surface area (Å²) in [6, 6.07) is 17.0. The summed E-state index contributed by atoms with van der Waals surface area (Å²) in [5.74, 6) is 0. The molecule has 0 amide bonds. The van der Waals surface area contributed by atoms with Gasteiger partial charge in [-0.1, -0.05) is 40.2 Å². The molecule has 0 heterocycles. The van der Waals surface area contributed by atoms with Gasteiger partial charge in [-0.15, -0.1) is 11.8 Å². The highest BCUT2D eigenvalue weighted by Crippen LogP contribution is 2.38. The average molecular weight is 336 g/mol. The van der Waals surface area contributed by atoms with E-state index in [-0.39, 0.29) is 11.3 Å². The maximum atomic E-state index is 6.19. The topological polar surface area (TPSA) is 26.0 Å². The van der Waals surface area contributed by atoms with Crippen LogP contribution in [0.4, 0.5) is 0 Å². The van der Waals surface area contributed by atoms with Crippen molar-refractivity contribution in [3.63, 3.8) is 0 Å². The Labute approximate surface area is 127 Å². The van der Waals surface area contributed by atoms with Crippen LogP contribution in [0.15, 0.2) is 57.9 Å². The fourth-order valence-electron chi connectivity index (χ4n) is 2.02. The first-order valence-electron chi connectivity index (χ1n) is 6.31. The number of nitrogens with two attached hydrogens (primary N) is 1. The lowest BCUT2D eigenvalue weighted by atomic mass is 10.0. The first-order chi connectivity index (χ1) is 9.08. The molecule has 100 valence electrons. The third-order valence-corrected chi connectivity index (χ3v) is 5.06. The van der Waals surface area contributed by atoms with E-state index in [0.29, 0.717) is 0 Å². The second-order valence-electron chi connectivity index (χ2n) is 4.71. The normalized spacial score (nSPS) is 14.1. The van der Waals surface area contributed by atoms with Gasteiger partial charge in [0.15, 0.2) is 0 Å². The zero-order valence-corrected chi connectivity index (χ0v) is 13.5. The monoisotopic (exact) mass is 335 g/mol. The van der Waals surface area contributed by atoms with Gasteiger partial charge >= 0.3 is 0 Å². The molecular formula is C16H18BrNS. The molecule has 0 aliphatic heterocycles. The van der Waals surface area contributed by atoms with Crippen molar-refractivity contribution >= 4 is 27.7 Å². The van der Waals surface area contributed by atoms with Gasteiger partial charge < -0.3 is 5.73 Å². The zero-order chi connectivity index (χ0) is 13.8. The summed E-state index contributed by atoms with van der Waals surface area (Å²) >= 11 is 5.29. The van der Waals surface area contributed by atoms with E-state index < -0.39 is 0 Å². The van der Waals surface area contributed by atoms with Gasteiger partial charge in [0.05, 0.1) is 0 Å². The van der Waals surface area contributed by atoms with E-state index >= 15 is 0 Å². The maximum absolute atomic E-state index is 6.19. The Morgan fingerprint density at radius 3 is 2.26 bits per heavy atom. The van der Waals surface area contributed by atoms with Crippen LogP contribution in [0.3, 0.4) is 0 Å². The first kappa shape index (κ1) is 14.6. The van der Waals surface area contributed by atoms with Crippen LogP contribution < -0.4 is 5.73 Å². The van der Waals surface area contributed by atoms with Crippen LogP contribution in [-0.4, -0.2) is 6.04 Å². The number of hydrogen-bond acceptors (Lipinski definition) is 2. The molecule has 0 fully saturated rings. The van der Waals surface area contributed by atoms with Gasteiger partial charge in [0.2, 0.25) is 0 Å². The smallest absolute Gasteiger partial charge is 0.0495 e. The molecule has 0 saturated heterocycles. The molecule has 2 aromatic rings. The van der Waals surface area contributed by atoms with Gasteiger partial charge in [-0.2, -0.15) is 0 Å². The summed E-state index contributed by atoms with van der Waals surface area (Å²) in [5.41, 5.74) is 8.81. The van der Waals surface area contributed by atoms with Crippen molar-refractivity contribution in [2.45, 2.75) is 30.0 Å². The predicted octanol–water partition coefficient (Wildman–Crippen LogP) is 4.94. The molecule has 19 heavy (non-hydrogen) atoms. The van der Waals surface area contributed by atoms with Gasteiger partial charge in [-0.25, -0.2) is 0 Å². The molecule has 0 saturated carbocycles. The van der Waals surface area contributed by atoms with Crippen molar-refractivity contribution in [2.75, 3.05) is 0 Å². The molecule has 2 aromatic carbocycles. The van der Waals surface area contributed by atoms with Crippen molar-refractivity contribution in [3.8, 4) is 0 Å². The molecule has 0 aliphatic rings. The molecule has 0 spiro atoms. The van der Waals surface area contributed by atoms with Crippen LogP contribution in [0.5, 0.6) is 0 Å². The number of hydrogen-bond donors (Lipinski definition) is 1. The largest absolute Gasteiger partial charge is 0.327 e. The standard InChI is InChI=1S/C16H18BrNS/c1-11-5-3-4-6-15(11)16(12(2)18)19-14-9-7-13(17)8-10-14/h3-10,12,16H,18H2,1-2H3. The molecular weight excluding hydrogens is 318 g/mol. The van der Waals surface area contributed by atoms with Gasteiger partial charge in [0, 0.05) is 20.7 Å². The summed E-state index contributed by atoms with van der Waals surface area (Å²) < 4.78 is 1.10. The van der Waals surface area contributed by atoms with Crippen molar-refractivity contribution in [3.05, 3.63) is 64.1 Å². The molecule has 1 nitrogen and oxygen atoms in total. The van der Waals surface area contributed by atoms with E-state index in [0.717, 1.165) is 4.47 Å². The lowest BCUT2D eigenvalue weighted by Gasteiger charge is -2.22. The fourth-order valence-corrected chi connectivity index (χ4v) is 3.48. The minimum atomic E-state index is 0.106. The third-order valence-electron chi connectivity index (χ3n) is 3.05. The van der Waals surface area contributed by atoms with Crippen LogP contribution >= 0.6 is 27.7 Å². The molecule has 0 radical (unpaired) electrons. The van der Waals surface area contributed by atoms with E-state index in [2.05, 4.69) is 78.3 Å². The fraction of sp³-hybridized carbons (Fsp3) is 0.250. The Kier molecular flexibility index (Phi) is 5.08. The summed E-state index contributed by atoms with van der Waals surface area (Å²) in [5, 5.41) is 0.280. The van der Waals surface area contributed by atoms with Crippen LogP contribution in [-0.2, 0) is 0 Å². The van der Waals surface area contributed by atoms with Crippen molar-refractivity contribution in [1.82, 2.24) is 0 Å². The van der Waals surface area contributed by atoms with Crippen LogP contribution in [0.25, 0.3) is 0 Å². The Hall–Kier alpha value is -0.770. The second kappa shape index (κ2) is 6.60. The molecule has 3 heteroatoms. The van der Waals surface area contributed by atoms with Gasteiger partial charge in [-0.05, 0) is 49.2 Å². The predicted molar refractivity (Wildman–Crippen MR) is 87.6 cm³/mol. The van der Waals surface area contributed by atoms with E-state index in [4.69, 9.17) is 5.73 Å². The second-order valence-corrected chi connectivity index (χ2v) is 6.84. The van der Waals surface area contributed by atoms with Crippen molar-refractivity contribution < 1.29 is 0 Å². The molecule has 2 unspecified atom stereocenters. The number of thioether (sulfide) groups is 1. The molecule has 0 aliphatic carbocycles. The lowest BCUT2D eigenvalue weighted by molar-refractivity contribution is 0.718. The van der Waals surface area contributed by atoms with E-state index in [1.807, 2.05) is 11.8 Å². The number of halogens is 1. The molecule has 2 N–H and O–H groups in total. The Morgan fingerprint density at radius 2 is 1.68 bits per heavy atom. The highest BCUT2D eigenvalue weighted by Gasteiger charge is 2.19. The Bertz CT molecular complexity index is 537. The summed E-state index contributed by atoms with van der Waals surface area (Å²) in [7, 11) is 0. The van der Waals surface area contributed by atoms with Crippen LogP contribution in [0.1, 0.15) is 23.3 Å². The zero-order valence-electron chi connectivity index (χ0n) is 11.1. The number of benzene rings is 2. The SMILES string of the molecule is Cc1ccccc1C(Sc1ccc(Br)cc1)C(C)N. The molecule has 2 atom stereocenters. The maximum Gasteiger partial charge on any atom is 0.0495 e. The van der Waals surface area contributed by atoms with Gasteiger partial charge in [-0.3, -0.25) is 0 Å². The Balaban J connectivity index is 2.27. The summed E-state index contributed by atoms with van der Waals surface area (Å²) in [6.07, 6.45) is 0. The van der Waals surface area contributed by atoms with E-state index in [1.165, 1.54) is 16.0 Å². The Morgan fingerprint density at radius 1 is 1.05 bits per heavy atom. The first-order valence-corrected chi connectivity index (χ1v) is 7.98. The molecule has 0 bridgehead atoms. The highest BCUT2D eigenvalue weighted by molar-refractivity contribution is 9.10. The number of aryl methyl sites for hydroxylation is 1. The van der Waals surface area contributed by atoms with E-state index in [1.54, 1.807) is 0 Å². The lowest BCUT2D eigenvalue weighted by Crippen LogP contribution is -2.23. The van der Waals surface area contributed by atoms with Crippen molar-refractivity contribution in [2.24, 2.45) is 5.73 Å². The van der Waals surface area contributed by atoms with E-state index in [9.17, 15) is 0 Å². The summed E-state index contributed by atoms with van der Waals surface area (Å²) in [4.78, 5) is 1.24. The van der Waals surface area contributed by atoms with Crippen LogP contribution in [0.2, 0.25) is 0 Å². The minimum absolute atomic E-state index is 0.106. The average Bonchev–Trinajstić information content (AvgIpc) is 2.39. The third kappa shape index (κ3) is 3.85. The van der Waals surface area contributed by atoms with Crippen molar-refractivity contribution in [1.29, 1.82) is 0 Å². The van der Waals surface area contributed by atoms with Crippen LogP contribution in [0, 0.1) is 6.92 Å². The number of rotatable bonds is 4. The quantitative estimate of drug-likeness (QED) is 0.801. The molecule has 2 rings (SSSR count). The minimum Gasteiger partial charge on any atom is -0.327 e.